The van der Waals surface area contributed by atoms with Gasteiger partial charge in [0.25, 0.3) is 0 Å². The Morgan fingerprint density at radius 1 is 1.82 bits per heavy atom. The molecule has 0 radical (unpaired) electrons. The highest BCUT2D eigenvalue weighted by Gasteiger charge is 2.35. The van der Waals surface area contributed by atoms with Gasteiger partial charge in [-0.15, -0.1) is 0 Å². The molecule has 1 aliphatic carbocycles. The van der Waals surface area contributed by atoms with Crippen LogP contribution in [0, 0.1) is 0 Å². The van der Waals surface area contributed by atoms with Crippen LogP contribution in [0.4, 0.5) is 0 Å². The maximum Gasteiger partial charge on any atom is 0.0529 e. The molecule has 0 bridgehead atoms. The van der Waals surface area contributed by atoms with Gasteiger partial charge in [-0.1, -0.05) is 6.58 Å². The van der Waals surface area contributed by atoms with Crippen molar-refractivity contribution in [2.45, 2.75) is 18.4 Å². The molecular formula is C8H11N3. The lowest BCUT2D eigenvalue weighted by Gasteiger charge is -1.87. The van der Waals surface area contributed by atoms with Crippen molar-refractivity contribution >= 4 is 6.20 Å². The van der Waals surface area contributed by atoms with Crippen LogP contribution in [0.5, 0.6) is 0 Å². The highest BCUT2D eigenvalue weighted by molar-refractivity contribution is 5.26. The zero-order valence-corrected chi connectivity index (χ0v) is 6.27. The van der Waals surface area contributed by atoms with Crippen molar-refractivity contribution < 1.29 is 0 Å². The SMILES string of the molecule is C=Cn1cc([C@@H]2C[C@H]2N)cn1. The van der Waals surface area contributed by atoms with Crippen LogP contribution in [-0.4, -0.2) is 15.8 Å². The van der Waals surface area contributed by atoms with Crippen LogP contribution in [-0.2, 0) is 0 Å². The monoisotopic (exact) mass is 149 g/mol. The van der Waals surface area contributed by atoms with Gasteiger partial charge < -0.3 is 5.73 Å². The molecule has 0 unspecified atom stereocenters. The molecule has 11 heavy (non-hydrogen) atoms. The fourth-order valence-electron chi connectivity index (χ4n) is 1.24. The predicted octanol–water partition coefficient (Wildman–Crippen LogP) is 0.798. The molecule has 1 fully saturated rings. The average Bonchev–Trinajstić information content (AvgIpc) is 2.59. The normalized spacial score (nSPS) is 28.5. The summed E-state index contributed by atoms with van der Waals surface area (Å²) in [6.45, 7) is 3.61. The molecule has 0 spiro atoms. The Balaban J connectivity index is 2.19. The summed E-state index contributed by atoms with van der Waals surface area (Å²) >= 11 is 0. The molecule has 3 heteroatoms. The summed E-state index contributed by atoms with van der Waals surface area (Å²) in [4.78, 5) is 0. The number of aromatic nitrogens is 2. The van der Waals surface area contributed by atoms with E-state index in [9.17, 15) is 0 Å². The Morgan fingerprint density at radius 3 is 3.00 bits per heavy atom. The van der Waals surface area contributed by atoms with Crippen LogP contribution in [0.15, 0.2) is 19.0 Å². The number of hydrogen-bond acceptors (Lipinski definition) is 2. The van der Waals surface area contributed by atoms with Gasteiger partial charge in [0.15, 0.2) is 0 Å². The van der Waals surface area contributed by atoms with Gasteiger partial charge in [0.05, 0.1) is 6.20 Å². The third-order valence-corrected chi connectivity index (χ3v) is 2.08. The van der Waals surface area contributed by atoms with E-state index in [1.165, 1.54) is 5.56 Å². The van der Waals surface area contributed by atoms with E-state index < -0.39 is 0 Å². The van der Waals surface area contributed by atoms with E-state index in [1.54, 1.807) is 10.9 Å². The first-order valence-corrected chi connectivity index (χ1v) is 3.73. The van der Waals surface area contributed by atoms with Crippen LogP contribution < -0.4 is 5.73 Å². The highest BCUT2D eigenvalue weighted by Crippen LogP contribution is 2.38. The van der Waals surface area contributed by atoms with Crippen molar-refractivity contribution in [1.82, 2.24) is 9.78 Å². The summed E-state index contributed by atoms with van der Waals surface area (Å²) < 4.78 is 1.71. The first kappa shape index (κ1) is 6.61. The lowest BCUT2D eigenvalue weighted by atomic mass is 10.2. The van der Waals surface area contributed by atoms with Crippen molar-refractivity contribution in [3.05, 3.63) is 24.5 Å². The summed E-state index contributed by atoms with van der Waals surface area (Å²) in [5.41, 5.74) is 6.92. The van der Waals surface area contributed by atoms with Gasteiger partial charge in [0.1, 0.15) is 0 Å². The van der Waals surface area contributed by atoms with Crippen molar-refractivity contribution in [1.29, 1.82) is 0 Å². The molecule has 1 aliphatic rings. The minimum absolute atomic E-state index is 0.359. The zero-order chi connectivity index (χ0) is 7.84. The second kappa shape index (κ2) is 2.20. The molecule has 58 valence electrons. The first-order chi connectivity index (χ1) is 5.31. The quantitative estimate of drug-likeness (QED) is 0.675. The Labute approximate surface area is 65.5 Å². The molecule has 2 atom stereocenters. The Bertz CT molecular complexity index is 277. The molecule has 1 saturated carbocycles. The van der Waals surface area contributed by atoms with Crippen LogP contribution in [0.1, 0.15) is 17.9 Å². The Morgan fingerprint density at radius 2 is 2.55 bits per heavy atom. The predicted molar refractivity (Wildman–Crippen MR) is 43.9 cm³/mol. The maximum atomic E-state index is 5.69. The minimum atomic E-state index is 0.359. The van der Waals surface area contributed by atoms with E-state index in [1.807, 2.05) is 12.4 Å². The fraction of sp³-hybridized carbons (Fsp3) is 0.375. The van der Waals surface area contributed by atoms with Gasteiger partial charge in [0, 0.05) is 24.4 Å². The van der Waals surface area contributed by atoms with Crippen molar-refractivity contribution in [3.63, 3.8) is 0 Å². The van der Waals surface area contributed by atoms with Crippen LogP contribution in [0.3, 0.4) is 0 Å². The summed E-state index contributed by atoms with van der Waals surface area (Å²) in [7, 11) is 0. The second-order valence-corrected chi connectivity index (χ2v) is 2.94. The van der Waals surface area contributed by atoms with Gasteiger partial charge in [-0.3, -0.25) is 0 Å². The standard InChI is InChI=1S/C8H11N3/c1-2-11-5-6(4-10-11)7-3-8(7)9/h2,4-5,7-8H,1,3,9H2/t7-,8+/m0/s1. The van der Waals surface area contributed by atoms with E-state index in [0.717, 1.165) is 6.42 Å². The molecule has 1 aromatic heterocycles. The molecule has 1 heterocycles. The van der Waals surface area contributed by atoms with E-state index >= 15 is 0 Å². The molecular weight excluding hydrogens is 138 g/mol. The summed E-state index contributed by atoms with van der Waals surface area (Å²) in [6, 6.07) is 0.359. The van der Waals surface area contributed by atoms with Crippen molar-refractivity contribution in [2.24, 2.45) is 5.73 Å². The molecule has 1 aromatic rings. The fourth-order valence-corrected chi connectivity index (χ4v) is 1.24. The van der Waals surface area contributed by atoms with Crippen LogP contribution >= 0.6 is 0 Å². The average molecular weight is 149 g/mol. The lowest BCUT2D eigenvalue weighted by molar-refractivity contribution is 0.935. The second-order valence-electron chi connectivity index (χ2n) is 2.94. The first-order valence-electron chi connectivity index (χ1n) is 3.73. The summed E-state index contributed by atoms with van der Waals surface area (Å²) in [5.74, 6) is 0.545. The smallest absolute Gasteiger partial charge is 0.0529 e. The van der Waals surface area contributed by atoms with Gasteiger partial charge in [-0.25, -0.2) is 4.68 Å². The molecule has 2 rings (SSSR count). The van der Waals surface area contributed by atoms with Gasteiger partial charge >= 0.3 is 0 Å². The maximum absolute atomic E-state index is 5.69. The zero-order valence-electron chi connectivity index (χ0n) is 6.27. The topological polar surface area (TPSA) is 43.8 Å². The third-order valence-electron chi connectivity index (χ3n) is 2.08. The lowest BCUT2D eigenvalue weighted by Crippen LogP contribution is -2.00. The molecule has 0 amide bonds. The number of hydrogen-bond donors (Lipinski definition) is 1. The summed E-state index contributed by atoms with van der Waals surface area (Å²) in [6.07, 6.45) is 6.62. The Hall–Kier alpha value is -1.09. The highest BCUT2D eigenvalue weighted by atomic mass is 15.2. The molecule has 3 nitrogen and oxygen atoms in total. The van der Waals surface area contributed by atoms with E-state index in [0.29, 0.717) is 12.0 Å². The van der Waals surface area contributed by atoms with Gasteiger partial charge in [-0.2, -0.15) is 5.10 Å². The van der Waals surface area contributed by atoms with Crippen LogP contribution in [0.2, 0.25) is 0 Å². The number of nitrogens with two attached hydrogens (primary N) is 1. The van der Waals surface area contributed by atoms with E-state index in [4.69, 9.17) is 5.73 Å². The number of nitrogens with zero attached hydrogens (tertiary/aromatic N) is 2. The van der Waals surface area contributed by atoms with Gasteiger partial charge in [0.2, 0.25) is 0 Å². The van der Waals surface area contributed by atoms with Crippen LogP contribution in [0.25, 0.3) is 6.20 Å². The van der Waals surface area contributed by atoms with Gasteiger partial charge in [-0.05, 0) is 12.0 Å². The third kappa shape index (κ3) is 1.07. The number of rotatable bonds is 2. The largest absolute Gasteiger partial charge is 0.327 e. The molecule has 0 saturated heterocycles. The molecule has 2 N–H and O–H groups in total. The van der Waals surface area contributed by atoms with Crippen molar-refractivity contribution in [3.8, 4) is 0 Å². The van der Waals surface area contributed by atoms with E-state index in [-0.39, 0.29) is 0 Å². The molecule has 0 aliphatic heterocycles. The Kier molecular flexibility index (Phi) is 1.32. The minimum Gasteiger partial charge on any atom is -0.327 e. The van der Waals surface area contributed by atoms with E-state index in [2.05, 4.69) is 11.7 Å². The van der Waals surface area contributed by atoms with Crippen molar-refractivity contribution in [2.75, 3.05) is 0 Å². The molecule has 0 aromatic carbocycles. The summed E-state index contributed by atoms with van der Waals surface area (Å²) in [5, 5.41) is 4.07.